The first kappa shape index (κ1) is 12.4. The highest BCUT2D eigenvalue weighted by Gasteiger charge is 2.10. The number of thioether (sulfide) groups is 1. The molecule has 1 nitrogen and oxygen atoms in total. The molecular weight excluding hydrogens is 289 g/mol. The third kappa shape index (κ3) is 3.47. The zero-order chi connectivity index (χ0) is 11.4. The van der Waals surface area contributed by atoms with Gasteiger partial charge in [-0.1, -0.05) is 6.07 Å². The Morgan fingerprint density at radius 3 is 3.00 bits per heavy atom. The van der Waals surface area contributed by atoms with Crippen LogP contribution in [-0.2, 0) is 6.54 Å². The van der Waals surface area contributed by atoms with Gasteiger partial charge in [-0.3, -0.25) is 4.90 Å². The first-order valence-corrected chi connectivity index (χ1v) is 7.44. The molecule has 0 saturated carbocycles. The number of nitrogens with zero attached hydrogens (tertiary/aromatic N) is 1. The largest absolute Gasteiger partial charge is 0.298 e. The molecule has 0 spiro atoms. The Labute approximate surface area is 109 Å². The highest BCUT2D eigenvalue weighted by molar-refractivity contribution is 9.10. The van der Waals surface area contributed by atoms with Crippen LogP contribution in [0, 0.1) is 5.82 Å². The lowest BCUT2D eigenvalue weighted by molar-refractivity contribution is 0.287. The van der Waals surface area contributed by atoms with Gasteiger partial charge < -0.3 is 0 Å². The molecule has 1 aromatic rings. The van der Waals surface area contributed by atoms with Crippen molar-refractivity contribution in [2.24, 2.45) is 0 Å². The minimum Gasteiger partial charge on any atom is -0.298 e. The van der Waals surface area contributed by atoms with Crippen molar-refractivity contribution in [3.63, 3.8) is 0 Å². The minimum atomic E-state index is -0.185. The lowest BCUT2D eigenvalue weighted by atomic mass is 10.2. The smallest absolute Gasteiger partial charge is 0.137 e. The Morgan fingerprint density at radius 2 is 2.19 bits per heavy atom. The fourth-order valence-corrected chi connectivity index (χ4v) is 3.20. The zero-order valence-corrected chi connectivity index (χ0v) is 11.5. The van der Waals surface area contributed by atoms with E-state index in [1.165, 1.54) is 29.6 Å². The fourth-order valence-electron chi connectivity index (χ4n) is 1.85. The van der Waals surface area contributed by atoms with Gasteiger partial charge in [0.2, 0.25) is 0 Å². The molecule has 2 rings (SSSR count). The molecule has 0 atom stereocenters. The van der Waals surface area contributed by atoms with E-state index in [1.807, 2.05) is 23.9 Å². The molecule has 0 aliphatic carbocycles. The second kappa shape index (κ2) is 6.03. The zero-order valence-electron chi connectivity index (χ0n) is 9.09. The summed E-state index contributed by atoms with van der Waals surface area (Å²) in [5.74, 6) is 2.29. The third-order valence-electron chi connectivity index (χ3n) is 2.71. The van der Waals surface area contributed by atoms with E-state index in [2.05, 4.69) is 20.8 Å². The normalized spacial score (nSPS) is 18.4. The van der Waals surface area contributed by atoms with E-state index in [0.29, 0.717) is 4.47 Å². The van der Waals surface area contributed by atoms with Crippen molar-refractivity contribution in [1.29, 1.82) is 0 Å². The molecule has 88 valence electrons. The van der Waals surface area contributed by atoms with Crippen molar-refractivity contribution in [3.05, 3.63) is 34.1 Å². The summed E-state index contributed by atoms with van der Waals surface area (Å²) in [5, 5.41) is 0. The maximum atomic E-state index is 13.1. The van der Waals surface area contributed by atoms with Gasteiger partial charge in [0, 0.05) is 18.8 Å². The number of hydrogen-bond acceptors (Lipinski definition) is 2. The van der Waals surface area contributed by atoms with Crippen LogP contribution in [0.25, 0.3) is 0 Å². The van der Waals surface area contributed by atoms with E-state index < -0.39 is 0 Å². The average Bonchev–Trinajstić information content (AvgIpc) is 2.52. The van der Waals surface area contributed by atoms with E-state index in [-0.39, 0.29) is 5.82 Å². The van der Waals surface area contributed by atoms with Gasteiger partial charge in [-0.05, 0) is 52.3 Å². The van der Waals surface area contributed by atoms with Crippen LogP contribution in [0.4, 0.5) is 4.39 Å². The van der Waals surface area contributed by atoms with E-state index in [0.717, 1.165) is 19.6 Å². The average molecular weight is 304 g/mol. The predicted octanol–water partition coefficient (Wildman–Crippen LogP) is 3.53. The van der Waals surface area contributed by atoms with Gasteiger partial charge in [0.15, 0.2) is 0 Å². The van der Waals surface area contributed by atoms with Crippen LogP contribution < -0.4 is 0 Å². The Hall–Kier alpha value is -0.0600. The monoisotopic (exact) mass is 303 g/mol. The van der Waals surface area contributed by atoms with Gasteiger partial charge in [-0.2, -0.15) is 11.8 Å². The molecule has 0 aromatic heterocycles. The first-order valence-electron chi connectivity index (χ1n) is 5.50. The lowest BCUT2D eigenvalue weighted by Gasteiger charge is -2.19. The second-order valence-corrected chi connectivity index (χ2v) is 6.07. The Balaban J connectivity index is 1.99. The van der Waals surface area contributed by atoms with Crippen molar-refractivity contribution >= 4 is 27.7 Å². The molecule has 16 heavy (non-hydrogen) atoms. The van der Waals surface area contributed by atoms with E-state index >= 15 is 0 Å². The molecule has 1 aliphatic heterocycles. The van der Waals surface area contributed by atoms with Crippen molar-refractivity contribution in [1.82, 2.24) is 4.90 Å². The fraction of sp³-hybridized carbons (Fsp3) is 0.500. The van der Waals surface area contributed by atoms with Crippen molar-refractivity contribution in [3.8, 4) is 0 Å². The summed E-state index contributed by atoms with van der Waals surface area (Å²) in [4.78, 5) is 2.44. The van der Waals surface area contributed by atoms with Crippen LogP contribution in [0.5, 0.6) is 0 Å². The number of rotatable bonds is 2. The van der Waals surface area contributed by atoms with Crippen molar-refractivity contribution in [2.45, 2.75) is 13.0 Å². The molecule has 1 aliphatic rings. The molecule has 1 aromatic carbocycles. The summed E-state index contributed by atoms with van der Waals surface area (Å²) in [6.45, 7) is 3.22. The SMILES string of the molecule is Fc1ccc(CN2CCCSCC2)cc1Br. The highest BCUT2D eigenvalue weighted by atomic mass is 79.9. The van der Waals surface area contributed by atoms with Crippen LogP contribution in [0.15, 0.2) is 22.7 Å². The molecule has 4 heteroatoms. The van der Waals surface area contributed by atoms with Crippen molar-refractivity contribution in [2.75, 3.05) is 24.6 Å². The molecular formula is C12H15BrFNS. The molecule has 0 radical (unpaired) electrons. The van der Waals surface area contributed by atoms with Crippen LogP contribution in [0.1, 0.15) is 12.0 Å². The molecule has 1 saturated heterocycles. The van der Waals surface area contributed by atoms with Crippen LogP contribution >= 0.6 is 27.7 Å². The Morgan fingerprint density at radius 1 is 1.31 bits per heavy atom. The lowest BCUT2D eigenvalue weighted by Crippen LogP contribution is -2.25. The summed E-state index contributed by atoms with van der Waals surface area (Å²) < 4.78 is 13.6. The Bertz CT molecular complexity index is 351. The number of benzene rings is 1. The van der Waals surface area contributed by atoms with Crippen LogP contribution in [0.3, 0.4) is 0 Å². The standard InChI is InChI=1S/C12H15BrFNS/c13-11-8-10(2-3-12(11)14)9-15-4-1-6-16-7-5-15/h2-3,8H,1,4-7,9H2. The minimum absolute atomic E-state index is 0.185. The Kier molecular flexibility index (Phi) is 4.67. The van der Waals surface area contributed by atoms with E-state index in [1.54, 1.807) is 0 Å². The van der Waals surface area contributed by atoms with Gasteiger partial charge in [-0.15, -0.1) is 0 Å². The topological polar surface area (TPSA) is 3.24 Å². The van der Waals surface area contributed by atoms with Crippen molar-refractivity contribution < 1.29 is 4.39 Å². The van der Waals surface area contributed by atoms with Gasteiger partial charge in [0.25, 0.3) is 0 Å². The molecule has 0 unspecified atom stereocenters. The maximum absolute atomic E-state index is 13.1. The van der Waals surface area contributed by atoms with Gasteiger partial charge >= 0.3 is 0 Å². The summed E-state index contributed by atoms with van der Waals surface area (Å²) in [6, 6.07) is 5.29. The van der Waals surface area contributed by atoms with Gasteiger partial charge in [0.1, 0.15) is 5.82 Å². The summed E-state index contributed by atoms with van der Waals surface area (Å²) >= 11 is 5.25. The third-order valence-corrected chi connectivity index (χ3v) is 4.36. The van der Waals surface area contributed by atoms with Gasteiger partial charge in [0.05, 0.1) is 4.47 Å². The highest BCUT2D eigenvalue weighted by Crippen LogP contribution is 2.19. The first-order chi connectivity index (χ1) is 7.75. The molecule has 0 amide bonds. The summed E-state index contributed by atoms with van der Waals surface area (Å²) in [5.41, 5.74) is 1.18. The van der Waals surface area contributed by atoms with Crippen LogP contribution in [0.2, 0.25) is 0 Å². The van der Waals surface area contributed by atoms with Gasteiger partial charge in [-0.25, -0.2) is 4.39 Å². The van der Waals surface area contributed by atoms with E-state index in [9.17, 15) is 4.39 Å². The number of hydrogen-bond donors (Lipinski definition) is 0. The molecule has 1 heterocycles. The van der Waals surface area contributed by atoms with E-state index in [4.69, 9.17) is 0 Å². The molecule has 0 N–H and O–H groups in total. The summed E-state index contributed by atoms with van der Waals surface area (Å²) in [6.07, 6.45) is 1.26. The summed E-state index contributed by atoms with van der Waals surface area (Å²) in [7, 11) is 0. The predicted molar refractivity (Wildman–Crippen MR) is 71.3 cm³/mol. The quantitative estimate of drug-likeness (QED) is 0.822. The molecule has 1 fully saturated rings. The number of halogens is 2. The molecule has 0 bridgehead atoms. The maximum Gasteiger partial charge on any atom is 0.137 e. The van der Waals surface area contributed by atoms with Crippen LogP contribution in [-0.4, -0.2) is 29.5 Å². The second-order valence-electron chi connectivity index (χ2n) is 3.99.